The summed E-state index contributed by atoms with van der Waals surface area (Å²) in [6.07, 6.45) is 5.72. The number of fused-ring (bicyclic) bond motifs is 1. The van der Waals surface area contributed by atoms with E-state index in [-0.39, 0.29) is 6.61 Å². The van der Waals surface area contributed by atoms with E-state index in [4.69, 9.17) is 10.1 Å². The average molecular weight is 378 g/mol. The van der Waals surface area contributed by atoms with Crippen molar-refractivity contribution in [3.05, 3.63) is 53.5 Å². The van der Waals surface area contributed by atoms with E-state index in [1.165, 1.54) is 11.1 Å². The molecule has 28 heavy (non-hydrogen) atoms. The van der Waals surface area contributed by atoms with Crippen molar-refractivity contribution in [3.8, 4) is 11.3 Å². The summed E-state index contributed by atoms with van der Waals surface area (Å²) in [6.45, 7) is 8.86. The van der Waals surface area contributed by atoms with Crippen molar-refractivity contribution in [2.75, 3.05) is 18.5 Å². The first-order valence-electron chi connectivity index (χ1n) is 9.63. The molecule has 1 aliphatic heterocycles. The van der Waals surface area contributed by atoms with E-state index < -0.39 is 0 Å². The smallest absolute Gasteiger partial charge is 0.227 e. The number of aliphatic hydroxyl groups excluding tert-OH is 1. The van der Waals surface area contributed by atoms with E-state index in [0.29, 0.717) is 18.5 Å². The van der Waals surface area contributed by atoms with Gasteiger partial charge < -0.3 is 10.4 Å². The number of aliphatic hydroxyl groups is 1. The number of hydrogen-bond donors (Lipinski definition) is 2. The number of hydrogen-bond acceptors (Lipinski definition) is 6. The Bertz CT molecular complexity index is 981. The van der Waals surface area contributed by atoms with Gasteiger partial charge in [0.1, 0.15) is 0 Å². The molecule has 7 heteroatoms. The molecule has 0 saturated heterocycles. The number of anilines is 2. The Morgan fingerprint density at radius 2 is 2.00 bits per heavy atom. The second kappa shape index (κ2) is 7.69. The molecule has 0 fully saturated rings. The predicted molar refractivity (Wildman–Crippen MR) is 109 cm³/mol. The average Bonchev–Trinajstić information content (AvgIpc) is 3.30. The summed E-state index contributed by atoms with van der Waals surface area (Å²) in [6, 6.07) is 6.65. The summed E-state index contributed by atoms with van der Waals surface area (Å²) in [4.78, 5) is 11.4. The van der Waals surface area contributed by atoms with Crippen LogP contribution in [0.5, 0.6) is 0 Å². The van der Waals surface area contributed by atoms with Gasteiger partial charge >= 0.3 is 0 Å². The van der Waals surface area contributed by atoms with Crippen LogP contribution in [0.1, 0.15) is 36.6 Å². The largest absolute Gasteiger partial charge is 0.395 e. The molecule has 3 aromatic rings. The van der Waals surface area contributed by atoms with Gasteiger partial charge in [0.25, 0.3) is 0 Å². The van der Waals surface area contributed by atoms with Gasteiger partial charge in [-0.1, -0.05) is 6.07 Å². The van der Waals surface area contributed by atoms with Gasteiger partial charge in [-0.3, -0.25) is 9.58 Å². The standard InChI is InChI=1S/C21H26N6O/c1-14(2)27-13-18(10-23-27)20-15(3)9-22-21(25-20)24-19-5-4-16-11-26(6-7-28)12-17(16)8-19/h4-5,8-10,13-14,28H,6-7,11-12H2,1-3H3,(H,22,24,25). The number of rotatable bonds is 6. The van der Waals surface area contributed by atoms with Crippen LogP contribution in [0.2, 0.25) is 0 Å². The number of nitrogens with zero attached hydrogens (tertiary/aromatic N) is 5. The Morgan fingerprint density at radius 3 is 2.75 bits per heavy atom. The second-order valence-corrected chi connectivity index (χ2v) is 7.57. The first kappa shape index (κ1) is 18.6. The van der Waals surface area contributed by atoms with Crippen LogP contribution in [0.3, 0.4) is 0 Å². The molecule has 1 aromatic carbocycles. The van der Waals surface area contributed by atoms with Gasteiger partial charge in [0.05, 0.1) is 18.5 Å². The summed E-state index contributed by atoms with van der Waals surface area (Å²) in [5, 5.41) is 16.9. The van der Waals surface area contributed by atoms with Crippen molar-refractivity contribution in [2.24, 2.45) is 0 Å². The molecule has 4 rings (SSSR count). The Morgan fingerprint density at radius 1 is 1.18 bits per heavy atom. The minimum Gasteiger partial charge on any atom is -0.395 e. The summed E-state index contributed by atoms with van der Waals surface area (Å²) in [5.41, 5.74) is 6.46. The SMILES string of the molecule is Cc1cnc(Nc2ccc3c(c2)CN(CCO)C3)nc1-c1cnn(C(C)C)c1. The number of nitrogens with one attached hydrogen (secondary N) is 1. The molecular formula is C21H26N6O. The van der Waals surface area contributed by atoms with Gasteiger partial charge in [-0.05, 0) is 49.6 Å². The molecular weight excluding hydrogens is 352 g/mol. The van der Waals surface area contributed by atoms with Crippen molar-refractivity contribution in [3.63, 3.8) is 0 Å². The molecule has 146 valence electrons. The van der Waals surface area contributed by atoms with Crippen molar-refractivity contribution < 1.29 is 5.11 Å². The Labute approximate surface area is 165 Å². The molecule has 0 unspecified atom stereocenters. The molecule has 0 spiro atoms. The van der Waals surface area contributed by atoms with E-state index in [1.807, 2.05) is 30.2 Å². The minimum absolute atomic E-state index is 0.187. The molecule has 3 heterocycles. The van der Waals surface area contributed by atoms with Gasteiger partial charge in [-0.25, -0.2) is 9.97 Å². The van der Waals surface area contributed by atoms with Crippen molar-refractivity contribution in [1.82, 2.24) is 24.6 Å². The van der Waals surface area contributed by atoms with Crippen molar-refractivity contribution in [1.29, 1.82) is 0 Å². The first-order valence-corrected chi connectivity index (χ1v) is 9.63. The van der Waals surface area contributed by atoms with Crippen LogP contribution in [-0.4, -0.2) is 42.9 Å². The Kier molecular flexibility index (Phi) is 5.11. The lowest BCUT2D eigenvalue weighted by Gasteiger charge is -2.11. The molecule has 2 aromatic heterocycles. The van der Waals surface area contributed by atoms with Gasteiger partial charge in [-0.2, -0.15) is 5.10 Å². The normalized spacial score (nSPS) is 13.9. The van der Waals surface area contributed by atoms with E-state index in [1.54, 1.807) is 0 Å². The van der Waals surface area contributed by atoms with Crippen LogP contribution in [0.15, 0.2) is 36.8 Å². The number of aromatic nitrogens is 4. The molecule has 1 aliphatic rings. The Balaban J connectivity index is 1.55. The number of β-amino-alcohol motifs (C(OH)–C–C–N with tert-alkyl or cyclic N) is 1. The van der Waals surface area contributed by atoms with E-state index in [0.717, 1.165) is 35.6 Å². The van der Waals surface area contributed by atoms with Crippen LogP contribution >= 0.6 is 0 Å². The van der Waals surface area contributed by atoms with Gasteiger partial charge in [0.15, 0.2) is 0 Å². The summed E-state index contributed by atoms with van der Waals surface area (Å²) in [7, 11) is 0. The van der Waals surface area contributed by atoms with Crippen LogP contribution in [0.25, 0.3) is 11.3 Å². The highest BCUT2D eigenvalue weighted by Gasteiger charge is 2.18. The molecule has 0 aliphatic carbocycles. The van der Waals surface area contributed by atoms with Gasteiger partial charge in [0, 0.05) is 49.3 Å². The van der Waals surface area contributed by atoms with Crippen LogP contribution < -0.4 is 5.32 Å². The monoisotopic (exact) mass is 378 g/mol. The van der Waals surface area contributed by atoms with Crippen LogP contribution in [-0.2, 0) is 13.1 Å². The molecule has 0 atom stereocenters. The lowest BCUT2D eigenvalue weighted by molar-refractivity contribution is 0.198. The zero-order valence-corrected chi connectivity index (χ0v) is 16.6. The topological polar surface area (TPSA) is 79.1 Å². The van der Waals surface area contributed by atoms with E-state index in [9.17, 15) is 0 Å². The molecule has 0 bridgehead atoms. The fourth-order valence-corrected chi connectivity index (χ4v) is 3.51. The van der Waals surface area contributed by atoms with Gasteiger partial charge in [0.2, 0.25) is 5.95 Å². The fraction of sp³-hybridized carbons (Fsp3) is 0.381. The van der Waals surface area contributed by atoms with Gasteiger partial charge in [-0.15, -0.1) is 0 Å². The highest BCUT2D eigenvalue weighted by molar-refractivity contribution is 5.64. The highest BCUT2D eigenvalue weighted by Crippen LogP contribution is 2.27. The third-order valence-electron chi connectivity index (χ3n) is 5.04. The van der Waals surface area contributed by atoms with Crippen molar-refractivity contribution >= 4 is 11.6 Å². The minimum atomic E-state index is 0.187. The summed E-state index contributed by atoms with van der Waals surface area (Å²) < 4.78 is 1.93. The lowest BCUT2D eigenvalue weighted by atomic mass is 10.1. The maximum absolute atomic E-state index is 9.15. The summed E-state index contributed by atoms with van der Waals surface area (Å²) in [5.74, 6) is 0.572. The lowest BCUT2D eigenvalue weighted by Crippen LogP contribution is -2.20. The Hall–Kier alpha value is -2.77. The third kappa shape index (κ3) is 3.76. The molecule has 0 radical (unpaired) electrons. The molecule has 2 N–H and O–H groups in total. The van der Waals surface area contributed by atoms with E-state index in [2.05, 4.69) is 52.3 Å². The first-order chi connectivity index (χ1) is 13.5. The van der Waals surface area contributed by atoms with E-state index >= 15 is 0 Å². The molecule has 7 nitrogen and oxygen atoms in total. The number of benzene rings is 1. The van der Waals surface area contributed by atoms with Crippen LogP contribution in [0.4, 0.5) is 11.6 Å². The zero-order valence-electron chi connectivity index (χ0n) is 16.6. The number of aryl methyl sites for hydroxylation is 1. The molecule has 0 saturated carbocycles. The third-order valence-corrected chi connectivity index (χ3v) is 5.04. The predicted octanol–water partition coefficient (Wildman–Crippen LogP) is 3.28. The quantitative estimate of drug-likeness (QED) is 0.685. The fourth-order valence-electron chi connectivity index (χ4n) is 3.51. The maximum atomic E-state index is 9.15. The second-order valence-electron chi connectivity index (χ2n) is 7.57. The zero-order chi connectivity index (χ0) is 19.7. The van der Waals surface area contributed by atoms with Crippen molar-refractivity contribution in [2.45, 2.75) is 39.9 Å². The summed E-state index contributed by atoms with van der Waals surface area (Å²) >= 11 is 0. The molecule has 0 amide bonds. The van der Waals surface area contributed by atoms with Crippen LogP contribution in [0, 0.1) is 6.92 Å². The maximum Gasteiger partial charge on any atom is 0.227 e. The highest BCUT2D eigenvalue weighted by atomic mass is 16.3.